The van der Waals surface area contributed by atoms with E-state index in [4.69, 9.17) is 28.8 Å². The fourth-order valence-electron chi connectivity index (χ4n) is 0.205. The summed E-state index contributed by atoms with van der Waals surface area (Å²) in [5, 5.41) is 2.48. The van der Waals surface area contributed by atoms with Crippen molar-refractivity contribution in [2.45, 2.75) is 0 Å². The molecule has 0 fully saturated rings. The molecule has 0 amide bonds. The van der Waals surface area contributed by atoms with Gasteiger partial charge in [0.05, 0.1) is 0 Å². The van der Waals surface area contributed by atoms with E-state index in [-0.39, 0.29) is 0 Å². The van der Waals surface area contributed by atoms with Crippen molar-refractivity contribution in [2.24, 2.45) is 0 Å². The summed E-state index contributed by atoms with van der Waals surface area (Å²) in [5.74, 6) is 0. The number of hydrogen-bond donors (Lipinski definition) is 1. The molecule has 0 aromatic carbocycles. The minimum atomic E-state index is -1.74. The summed E-state index contributed by atoms with van der Waals surface area (Å²) < 4.78 is 0. The molecule has 0 saturated heterocycles. The standard InChI is InChI=1S/C2H2S19/c1-2-21(4,5)20-19-18-17-16-15-14-13-12-11-10-9-8-7-6-3/h1,3H. The lowest BCUT2D eigenvalue weighted by Crippen LogP contribution is -1.75. The van der Waals surface area contributed by atoms with Gasteiger partial charge in [-0.15, -0.1) is 6.42 Å². The molecule has 0 atom stereocenters. The summed E-state index contributed by atoms with van der Waals surface area (Å²) in [4.78, 5) is 0. The molecule has 0 unspecified atom stereocenters. The molecule has 0 aliphatic heterocycles. The summed E-state index contributed by atoms with van der Waals surface area (Å²) in [6, 6.07) is 0. The lowest BCUT2D eigenvalue weighted by molar-refractivity contribution is 3.16. The Hall–Kier alpha value is 5.95. The average molecular weight is 635 g/mol. The second-order valence-corrected chi connectivity index (χ2v) is 35.8. The zero-order chi connectivity index (χ0) is 15.8. The molecule has 0 heterocycles. The van der Waals surface area contributed by atoms with Gasteiger partial charge >= 0.3 is 0 Å². The first-order chi connectivity index (χ1) is 10.1. The van der Waals surface area contributed by atoms with Crippen LogP contribution in [0.5, 0.6) is 0 Å². The first kappa shape index (κ1) is 27.0. The molecule has 0 aliphatic carbocycles. The molecule has 19 heteroatoms. The van der Waals surface area contributed by atoms with Gasteiger partial charge in [0, 0.05) is 75.0 Å². The number of hydrogen-bond acceptors (Lipinski definition) is 18. The van der Waals surface area contributed by atoms with Gasteiger partial charge in [0.1, 0.15) is 0 Å². The van der Waals surface area contributed by atoms with Gasteiger partial charge in [-0.25, -0.2) is 0 Å². The van der Waals surface area contributed by atoms with Crippen molar-refractivity contribution in [1.82, 2.24) is 0 Å². The van der Waals surface area contributed by atoms with Crippen LogP contribution in [0.25, 0.3) is 0 Å². The summed E-state index contributed by atoms with van der Waals surface area (Å²) in [5.41, 5.74) is 0. The first-order valence-electron chi connectivity index (χ1n) is 3.51. The van der Waals surface area contributed by atoms with E-state index in [9.17, 15) is 0 Å². The van der Waals surface area contributed by atoms with Crippen LogP contribution in [0.3, 0.4) is 0 Å². The third-order valence-electron chi connectivity index (χ3n) is 0.625. The van der Waals surface area contributed by atoms with Gasteiger partial charge in [-0.05, 0) is 106 Å². The van der Waals surface area contributed by atoms with Crippen molar-refractivity contribution < 1.29 is 0 Å². The van der Waals surface area contributed by atoms with E-state index < -0.39 is 6.18 Å². The molecule has 0 radical (unpaired) electrons. The maximum absolute atomic E-state index is 5.26. The minimum absolute atomic E-state index is 1.44. The summed E-state index contributed by atoms with van der Waals surface area (Å²) in [7, 11) is 25.3. The maximum atomic E-state index is 5.26. The van der Waals surface area contributed by atoms with Gasteiger partial charge < -0.3 is 0 Å². The van der Waals surface area contributed by atoms with Crippen molar-refractivity contribution in [1.29, 1.82) is 0 Å². The van der Waals surface area contributed by atoms with Crippen molar-refractivity contribution >= 4 is 188 Å². The molecular weight excluding hydrogens is 633 g/mol. The van der Waals surface area contributed by atoms with E-state index in [1.807, 2.05) is 0 Å². The SMILES string of the molecule is C#CS(=S)(=S)SSSSSSSSSSSSSSSS. The Morgan fingerprint density at radius 3 is 1.33 bits per heavy atom. The Labute approximate surface area is 195 Å². The second kappa shape index (κ2) is 20.7. The zero-order valence-electron chi connectivity index (χ0n) is 8.87. The molecule has 0 aromatic heterocycles. The summed E-state index contributed by atoms with van der Waals surface area (Å²) in [6.45, 7) is 0. The Bertz CT molecular complexity index is 346. The molecule has 0 nitrogen and oxygen atoms in total. The van der Waals surface area contributed by atoms with E-state index in [2.05, 4.69) is 16.9 Å². The van der Waals surface area contributed by atoms with Gasteiger partial charge in [0.25, 0.3) is 0 Å². The average Bonchev–Trinajstić information content (AvgIpc) is 2.47. The smallest absolute Gasteiger partial charge is 0.0373 e. The molecule has 0 aliphatic rings. The van der Waals surface area contributed by atoms with Gasteiger partial charge in [-0.2, -0.15) is 0 Å². The predicted molar refractivity (Wildman–Crippen MR) is 154 cm³/mol. The molecule has 0 bridgehead atoms. The first-order valence-corrected chi connectivity index (χ1v) is 28.0. The van der Waals surface area contributed by atoms with Crippen LogP contribution in [-0.2, 0) is 28.6 Å². The van der Waals surface area contributed by atoms with Crippen LogP contribution in [0.4, 0.5) is 0 Å². The van der Waals surface area contributed by atoms with Crippen LogP contribution in [-0.4, -0.2) is 0 Å². The number of rotatable bonds is 15. The van der Waals surface area contributed by atoms with Crippen molar-refractivity contribution in [3.8, 4) is 11.7 Å². The van der Waals surface area contributed by atoms with Crippen molar-refractivity contribution in [3.63, 3.8) is 0 Å². The summed E-state index contributed by atoms with van der Waals surface area (Å²) in [6.07, 6.45) is 3.52. The van der Waals surface area contributed by atoms with E-state index in [0.29, 0.717) is 0 Å². The lowest BCUT2D eigenvalue weighted by atomic mass is 11.4. The van der Waals surface area contributed by atoms with E-state index >= 15 is 0 Å². The van der Waals surface area contributed by atoms with Crippen LogP contribution >= 0.6 is 159 Å². The highest BCUT2D eigenvalue weighted by molar-refractivity contribution is 9.58. The van der Waals surface area contributed by atoms with Gasteiger partial charge in [-0.3, -0.25) is 0 Å². The number of terminal acetylenes is 1. The van der Waals surface area contributed by atoms with Crippen LogP contribution in [0.1, 0.15) is 0 Å². The molecule has 0 saturated carbocycles. The van der Waals surface area contributed by atoms with E-state index in [0.717, 1.165) is 0 Å². The van der Waals surface area contributed by atoms with Crippen LogP contribution in [0.15, 0.2) is 0 Å². The predicted octanol–water partition coefficient (Wildman–Crippen LogP) is 10.2. The molecule has 0 aromatic rings. The summed E-state index contributed by atoms with van der Waals surface area (Å²) >= 11 is 14.2. The van der Waals surface area contributed by atoms with Gasteiger partial charge in [-0.1, -0.05) is 11.7 Å². The third-order valence-corrected chi connectivity index (χ3v) is 38.4. The minimum Gasteiger partial charge on any atom is -0.107 e. The van der Waals surface area contributed by atoms with Crippen LogP contribution < -0.4 is 0 Å². The second-order valence-electron chi connectivity index (χ2n) is 1.60. The van der Waals surface area contributed by atoms with Gasteiger partial charge in [0.15, 0.2) is 0 Å². The number of thiol groups is 1. The fraction of sp³-hybridized carbons (Fsp3) is 0. The van der Waals surface area contributed by atoms with Gasteiger partial charge in [0.2, 0.25) is 0 Å². The van der Waals surface area contributed by atoms with Crippen LogP contribution in [0, 0.1) is 11.7 Å². The van der Waals surface area contributed by atoms with Crippen LogP contribution in [0.2, 0.25) is 0 Å². The zero-order valence-corrected chi connectivity index (χ0v) is 24.5. The molecule has 21 heavy (non-hydrogen) atoms. The third kappa shape index (κ3) is 22.1. The maximum Gasteiger partial charge on any atom is 0.0373 e. The largest absolute Gasteiger partial charge is 0.107 e. The van der Waals surface area contributed by atoms with E-state index in [1.54, 1.807) is 128 Å². The highest BCUT2D eigenvalue weighted by Crippen LogP contribution is 2.63. The highest BCUT2D eigenvalue weighted by Gasteiger charge is 2.02. The fourth-order valence-corrected chi connectivity index (χ4v) is 43.3. The monoisotopic (exact) mass is 633 g/mol. The highest BCUT2D eigenvalue weighted by atomic mass is 34.1. The molecular formula is C2H2S19. The topological polar surface area (TPSA) is 0 Å². The van der Waals surface area contributed by atoms with E-state index in [1.165, 1.54) is 19.7 Å². The Kier molecular flexibility index (Phi) is 26.5. The molecule has 0 spiro atoms. The Balaban J connectivity index is 3.11. The van der Waals surface area contributed by atoms with Crippen molar-refractivity contribution in [2.75, 3.05) is 0 Å². The Morgan fingerprint density at radius 1 is 0.667 bits per heavy atom. The quantitative estimate of drug-likeness (QED) is 0.0784. The molecule has 0 rings (SSSR count). The lowest BCUT2D eigenvalue weighted by Gasteiger charge is -1.99. The molecule has 124 valence electrons. The molecule has 0 N–H and O–H groups in total. The Morgan fingerprint density at radius 2 is 1.00 bits per heavy atom. The normalized spacial score (nSPS) is 11.4. The van der Waals surface area contributed by atoms with Crippen molar-refractivity contribution in [3.05, 3.63) is 0 Å².